The van der Waals surface area contributed by atoms with Crippen molar-refractivity contribution in [2.75, 3.05) is 18.4 Å². The lowest BCUT2D eigenvalue weighted by Crippen LogP contribution is -2.46. The van der Waals surface area contributed by atoms with E-state index in [1.165, 1.54) is 6.92 Å². The third-order valence-electron chi connectivity index (χ3n) is 4.71. The van der Waals surface area contributed by atoms with Crippen LogP contribution in [0.25, 0.3) is 0 Å². The minimum atomic E-state index is -2.46. The molecule has 2 aromatic rings. The van der Waals surface area contributed by atoms with Gasteiger partial charge in [-0.05, 0) is 49.2 Å². The van der Waals surface area contributed by atoms with E-state index >= 15 is 0 Å². The average Bonchev–Trinajstić information content (AvgIpc) is 2.69. The fourth-order valence-electron chi connectivity index (χ4n) is 3.34. The highest BCUT2D eigenvalue weighted by Crippen LogP contribution is 2.28. The van der Waals surface area contributed by atoms with Gasteiger partial charge in [-0.3, -0.25) is 9.59 Å². The van der Waals surface area contributed by atoms with Crippen molar-refractivity contribution < 1.29 is 18.4 Å². The molecule has 0 aromatic heterocycles. The first kappa shape index (κ1) is 21.1. The predicted octanol–water partition coefficient (Wildman–Crippen LogP) is 4.49. The summed E-state index contributed by atoms with van der Waals surface area (Å²) in [5.74, 6) is -2.58. The number of hydrogen-bond donors (Lipinski definition) is 2. The lowest BCUT2D eigenvalue weighted by Gasteiger charge is -2.32. The number of carbonyl (C=O) groups is 2. The number of para-hydroxylation sites is 1. The molecule has 2 N–H and O–H groups in total. The molecule has 0 spiro atoms. The zero-order chi connectivity index (χ0) is 20.8. The van der Waals surface area contributed by atoms with Crippen molar-refractivity contribution in [3.63, 3.8) is 0 Å². The first-order valence-corrected chi connectivity index (χ1v) is 10.3. The molecule has 0 aliphatic carbocycles. The van der Waals surface area contributed by atoms with Crippen molar-refractivity contribution in [2.24, 2.45) is 0 Å². The Morgan fingerprint density at radius 1 is 1.07 bits per heavy atom. The number of piperidine rings is 1. The maximum absolute atomic E-state index is 13.0. The molecular formula is C21H23F2N3O2S. The number of nitrogens with one attached hydrogen (secondary N) is 2. The van der Waals surface area contributed by atoms with Crippen LogP contribution in [0.5, 0.6) is 0 Å². The minimum Gasteiger partial charge on any atom is -0.355 e. The normalized spacial score (nSPS) is 14.7. The summed E-state index contributed by atoms with van der Waals surface area (Å²) in [5.41, 5.74) is 1.93. The summed E-state index contributed by atoms with van der Waals surface area (Å²) in [5, 5.41) is 6.11. The maximum Gasteiger partial charge on any atom is 0.288 e. The lowest BCUT2D eigenvalue weighted by atomic mass is 10.0. The highest BCUT2D eigenvalue weighted by molar-refractivity contribution is 7.99. The molecule has 1 saturated heterocycles. The summed E-state index contributed by atoms with van der Waals surface area (Å²) in [6.45, 7) is 2.66. The Balaban J connectivity index is 1.67. The highest BCUT2D eigenvalue weighted by Gasteiger charge is 2.25. The van der Waals surface area contributed by atoms with Crippen LogP contribution in [0.15, 0.2) is 53.4 Å². The number of alkyl halides is 2. The number of amides is 2. The van der Waals surface area contributed by atoms with Crippen LogP contribution in [0.3, 0.4) is 0 Å². The summed E-state index contributed by atoms with van der Waals surface area (Å²) in [7, 11) is 0. The number of benzene rings is 2. The third-order valence-corrected chi connectivity index (χ3v) is 5.43. The molecule has 1 aliphatic heterocycles. The van der Waals surface area contributed by atoms with E-state index in [1.54, 1.807) is 35.2 Å². The smallest absolute Gasteiger partial charge is 0.288 e. The van der Waals surface area contributed by atoms with Crippen LogP contribution in [0.1, 0.15) is 30.1 Å². The molecular weight excluding hydrogens is 396 g/mol. The molecule has 3 rings (SSSR count). The van der Waals surface area contributed by atoms with Crippen molar-refractivity contribution in [3.05, 3.63) is 54.1 Å². The molecule has 8 heteroatoms. The van der Waals surface area contributed by atoms with Gasteiger partial charge in [0.05, 0.1) is 11.3 Å². The highest BCUT2D eigenvalue weighted by atomic mass is 32.2. The molecule has 0 radical (unpaired) electrons. The molecule has 0 saturated carbocycles. The van der Waals surface area contributed by atoms with Gasteiger partial charge in [0.1, 0.15) is 0 Å². The number of rotatable bonds is 6. The first-order chi connectivity index (χ1) is 13.9. The van der Waals surface area contributed by atoms with Crippen LogP contribution in [-0.4, -0.2) is 41.6 Å². The van der Waals surface area contributed by atoms with Crippen molar-refractivity contribution in [3.8, 4) is 0 Å². The number of likely N-dealkylation sites (tertiary alicyclic amines) is 1. The molecule has 154 valence electrons. The molecule has 2 amide bonds. The van der Waals surface area contributed by atoms with Crippen molar-refractivity contribution in [1.29, 1.82) is 0 Å². The third kappa shape index (κ3) is 5.93. The van der Waals surface area contributed by atoms with E-state index in [-0.39, 0.29) is 17.9 Å². The quantitative estimate of drug-likeness (QED) is 0.678. The van der Waals surface area contributed by atoms with Crippen LogP contribution in [0.2, 0.25) is 0 Å². The second kappa shape index (κ2) is 9.73. The summed E-state index contributed by atoms with van der Waals surface area (Å²) >= 11 is 0.496. The number of anilines is 2. The Morgan fingerprint density at radius 2 is 1.72 bits per heavy atom. The zero-order valence-electron chi connectivity index (χ0n) is 16.0. The number of carbonyl (C=O) groups excluding carboxylic acids is 2. The summed E-state index contributed by atoms with van der Waals surface area (Å²) in [6.07, 6.45) is 1.45. The van der Waals surface area contributed by atoms with Gasteiger partial charge in [0.25, 0.3) is 11.7 Å². The number of hydrogen-bond acceptors (Lipinski definition) is 4. The number of nitrogens with zero attached hydrogens (tertiary/aromatic N) is 1. The van der Waals surface area contributed by atoms with Gasteiger partial charge in [-0.15, -0.1) is 0 Å². The van der Waals surface area contributed by atoms with Gasteiger partial charge in [-0.1, -0.05) is 23.9 Å². The van der Waals surface area contributed by atoms with Crippen LogP contribution < -0.4 is 10.6 Å². The largest absolute Gasteiger partial charge is 0.355 e. The topological polar surface area (TPSA) is 61.4 Å². The summed E-state index contributed by atoms with van der Waals surface area (Å²) in [6, 6.07) is 14.0. The molecule has 5 nitrogen and oxygen atoms in total. The Labute approximate surface area is 172 Å². The van der Waals surface area contributed by atoms with E-state index in [9.17, 15) is 18.4 Å². The molecule has 29 heavy (non-hydrogen) atoms. The zero-order valence-corrected chi connectivity index (χ0v) is 16.8. The SMILES string of the molecule is CC(=O)NC1CCN(C(=O)c2ccccc2Nc2ccc(SC(F)F)cc2)CC1. The van der Waals surface area contributed by atoms with E-state index in [1.807, 2.05) is 18.2 Å². The Bertz CT molecular complexity index is 853. The first-order valence-electron chi connectivity index (χ1n) is 9.39. The molecule has 0 unspecified atom stereocenters. The van der Waals surface area contributed by atoms with Crippen LogP contribution in [-0.2, 0) is 4.79 Å². The van der Waals surface area contributed by atoms with Gasteiger partial charge in [-0.2, -0.15) is 8.78 Å². The monoisotopic (exact) mass is 419 g/mol. The van der Waals surface area contributed by atoms with Gasteiger partial charge in [0.15, 0.2) is 0 Å². The van der Waals surface area contributed by atoms with Gasteiger partial charge < -0.3 is 15.5 Å². The summed E-state index contributed by atoms with van der Waals surface area (Å²) in [4.78, 5) is 26.5. The lowest BCUT2D eigenvalue weighted by molar-refractivity contribution is -0.119. The van der Waals surface area contributed by atoms with Gasteiger partial charge >= 0.3 is 0 Å². The average molecular weight is 419 g/mol. The minimum absolute atomic E-state index is 0.0534. The van der Waals surface area contributed by atoms with E-state index in [0.717, 1.165) is 12.8 Å². The van der Waals surface area contributed by atoms with Crippen LogP contribution >= 0.6 is 11.8 Å². The maximum atomic E-state index is 13.0. The number of thioether (sulfide) groups is 1. The predicted molar refractivity (Wildman–Crippen MR) is 111 cm³/mol. The molecule has 0 bridgehead atoms. The Kier molecular flexibility index (Phi) is 7.09. The molecule has 1 aliphatic rings. The molecule has 0 atom stereocenters. The van der Waals surface area contributed by atoms with Crippen molar-refractivity contribution in [1.82, 2.24) is 10.2 Å². The Morgan fingerprint density at radius 3 is 2.34 bits per heavy atom. The molecule has 1 heterocycles. The van der Waals surface area contributed by atoms with Gasteiger partial charge in [0, 0.05) is 36.6 Å². The summed E-state index contributed by atoms with van der Waals surface area (Å²) < 4.78 is 24.9. The van der Waals surface area contributed by atoms with Crippen LogP contribution in [0, 0.1) is 0 Å². The Hall–Kier alpha value is -2.61. The molecule has 1 fully saturated rings. The van der Waals surface area contributed by atoms with E-state index in [2.05, 4.69) is 10.6 Å². The number of halogens is 2. The van der Waals surface area contributed by atoms with Crippen LogP contribution in [0.4, 0.5) is 20.2 Å². The van der Waals surface area contributed by atoms with Gasteiger partial charge in [0.2, 0.25) is 5.91 Å². The van der Waals surface area contributed by atoms with E-state index in [4.69, 9.17) is 0 Å². The van der Waals surface area contributed by atoms with E-state index in [0.29, 0.717) is 46.7 Å². The fraction of sp³-hybridized carbons (Fsp3) is 0.333. The molecule has 2 aromatic carbocycles. The standard InChI is InChI=1S/C21H23F2N3O2S/c1-14(27)24-16-10-12-26(13-11-16)20(28)18-4-2-3-5-19(18)25-15-6-8-17(9-7-15)29-21(22)23/h2-9,16,21,25H,10-13H2,1H3,(H,24,27). The van der Waals surface area contributed by atoms with Crippen molar-refractivity contribution >= 4 is 35.0 Å². The fourth-order valence-corrected chi connectivity index (χ4v) is 3.84. The second-order valence-electron chi connectivity index (χ2n) is 6.84. The van der Waals surface area contributed by atoms with Gasteiger partial charge in [-0.25, -0.2) is 0 Å². The van der Waals surface area contributed by atoms with Crippen molar-refractivity contribution in [2.45, 2.75) is 36.5 Å². The van der Waals surface area contributed by atoms with E-state index < -0.39 is 5.76 Å². The second-order valence-corrected chi connectivity index (χ2v) is 7.90.